The summed E-state index contributed by atoms with van der Waals surface area (Å²) in [6.45, 7) is 3.99. The Kier molecular flexibility index (Phi) is 9.46. The summed E-state index contributed by atoms with van der Waals surface area (Å²) in [5.41, 5.74) is 1.08. The Hall–Kier alpha value is -1.90. The molecule has 1 aromatic heterocycles. The number of hydrogen-bond acceptors (Lipinski definition) is 4. The van der Waals surface area contributed by atoms with Crippen molar-refractivity contribution in [2.75, 3.05) is 13.7 Å². The molecule has 1 fully saturated rings. The van der Waals surface area contributed by atoms with Gasteiger partial charge in [-0.15, -0.1) is 24.0 Å². The van der Waals surface area contributed by atoms with Gasteiger partial charge >= 0.3 is 0 Å². The van der Waals surface area contributed by atoms with Gasteiger partial charge in [0, 0.05) is 6.54 Å². The molecular weight excluding hydrogens is 469 g/mol. The molecule has 3 rings (SSSR count). The lowest BCUT2D eigenvalue weighted by molar-refractivity contribution is 0.200. The van der Waals surface area contributed by atoms with Crippen LogP contribution in [0.4, 0.5) is 0 Å². The summed E-state index contributed by atoms with van der Waals surface area (Å²) in [6.07, 6.45) is 6.68. The second kappa shape index (κ2) is 11.8. The maximum Gasteiger partial charge on any atom is 0.191 e. The number of furan rings is 1. The van der Waals surface area contributed by atoms with Crippen LogP contribution in [0.25, 0.3) is 0 Å². The van der Waals surface area contributed by atoms with Gasteiger partial charge in [-0.25, -0.2) is 4.99 Å². The van der Waals surface area contributed by atoms with Crippen LogP contribution in [0.1, 0.15) is 43.9 Å². The van der Waals surface area contributed by atoms with Crippen LogP contribution in [0.2, 0.25) is 0 Å². The molecule has 0 unspecified atom stereocenters. The number of methoxy groups -OCH3 is 1. The largest absolute Gasteiger partial charge is 0.493 e. The normalized spacial score (nSPS) is 14.4. The summed E-state index contributed by atoms with van der Waals surface area (Å²) in [5, 5.41) is 6.53. The number of nitrogens with one attached hydrogen (secondary N) is 2. The van der Waals surface area contributed by atoms with Crippen molar-refractivity contribution in [3.05, 3.63) is 47.9 Å². The van der Waals surface area contributed by atoms with Crippen LogP contribution in [-0.4, -0.2) is 25.7 Å². The molecule has 1 aliphatic rings. The first-order chi connectivity index (χ1) is 13.3. The highest BCUT2D eigenvalue weighted by Gasteiger charge is 2.18. The van der Waals surface area contributed by atoms with E-state index in [-0.39, 0.29) is 24.0 Å². The molecule has 0 amide bonds. The summed E-state index contributed by atoms with van der Waals surface area (Å²) < 4.78 is 17.0. The molecule has 1 saturated carbocycles. The molecule has 1 aromatic carbocycles. The zero-order chi connectivity index (χ0) is 18.9. The van der Waals surface area contributed by atoms with E-state index in [9.17, 15) is 0 Å². The lowest BCUT2D eigenvalue weighted by atomic mass is 10.2. The van der Waals surface area contributed by atoms with E-state index in [4.69, 9.17) is 13.9 Å². The molecule has 2 aromatic rings. The summed E-state index contributed by atoms with van der Waals surface area (Å²) >= 11 is 0. The first-order valence-electron chi connectivity index (χ1n) is 9.66. The van der Waals surface area contributed by atoms with Gasteiger partial charge in [-0.1, -0.05) is 6.07 Å². The fraction of sp³-hybridized carbons (Fsp3) is 0.476. The smallest absolute Gasteiger partial charge is 0.191 e. The van der Waals surface area contributed by atoms with Gasteiger partial charge in [0.05, 0.1) is 32.6 Å². The van der Waals surface area contributed by atoms with E-state index < -0.39 is 0 Å². The third-order valence-electron chi connectivity index (χ3n) is 4.60. The van der Waals surface area contributed by atoms with Crippen LogP contribution in [-0.2, 0) is 13.1 Å². The Morgan fingerprint density at radius 3 is 2.68 bits per heavy atom. The van der Waals surface area contributed by atoms with Crippen molar-refractivity contribution < 1.29 is 13.9 Å². The number of ether oxygens (including phenoxy) is 2. The van der Waals surface area contributed by atoms with Crippen LogP contribution in [0.5, 0.6) is 11.5 Å². The van der Waals surface area contributed by atoms with Crippen molar-refractivity contribution in [3.63, 3.8) is 0 Å². The molecule has 7 heteroatoms. The van der Waals surface area contributed by atoms with Crippen molar-refractivity contribution in [3.8, 4) is 11.5 Å². The van der Waals surface area contributed by atoms with E-state index >= 15 is 0 Å². The first kappa shape index (κ1) is 22.4. The maximum absolute atomic E-state index is 6.17. The number of halogens is 1. The average Bonchev–Trinajstić information content (AvgIpc) is 3.38. The SMILES string of the molecule is CCNC(=NCc1ccc(OC)c(OC2CCCC2)c1)NCc1ccco1.I. The quantitative estimate of drug-likeness (QED) is 0.319. The molecule has 0 aliphatic heterocycles. The van der Waals surface area contributed by atoms with Gasteiger partial charge < -0.3 is 24.5 Å². The second-order valence-electron chi connectivity index (χ2n) is 6.64. The minimum atomic E-state index is 0. The van der Waals surface area contributed by atoms with Crippen LogP contribution < -0.4 is 20.1 Å². The Morgan fingerprint density at radius 1 is 1.18 bits per heavy atom. The van der Waals surface area contributed by atoms with Crippen LogP contribution in [0, 0.1) is 0 Å². The monoisotopic (exact) mass is 499 g/mol. The van der Waals surface area contributed by atoms with Crippen molar-refractivity contribution >= 4 is 29.9 Å². The molecule has 1 heterocycles. The van der Waals surface area contributed by atoms with Crippen LogP contribution >= 0.6 is 24.0 Å². The van der Waals surface area contributed by atoms with Gasteiger partial charge in [0.15, 0.2) is 17.5 Å². The average molecular weight is 499 g/mol. The van der Waals surface area contributed by atoms with Gasteiger partial charge in [-0.2, -0.15) is 0 Å². The van der Waals surface area contributed by atoms with Gasteiger partial charge in [0.25, 0.3) is 0 Å². The number of rotatable bonds is 8. The summed E-state index contributed by atoms with van der Waals surface area (Å²) in [7, 11) is 1.68. The maximum atomic E-state index is 6.17. The molecule has 154 valence electrons. The predicted molar refractivity (Wildman–Crippen MR) is 122 cm³/mol. The third kappa shape index (κ3) is 6.61. The fourth-order valence-electron chi connectivity index (χ4n) is 3.19. The standard InChI is InChI=1S/C21H29N3O3.HI/c1-3-22-21(24-15-18-9-6-12-26-18)23-14-16-10-11-19(25-2)20(13-16)27-17-7-4-5-8-17;/h6,9-13,17H,3-5,7-8,14-15H2,1-2H3,(H2,22,23,24);1H. The molecule has 2 N–H and O–H groups in total. The highest BCUT2D eigenvalue weighted by Crippen LogP contribution is 2.32. The Morgan fingerprint density at radius 2 is 2.00 bits per heavy atom. The number of guanidine groups is 1. The lowest BCUT2D eigenvalue weighted by Gasteiger charge is -2.17. The van der Waals surface area contributed by atoms with E-state index in [1.165, 1.54) is 12.8 Å². The van der Waals surface area contributed by atoms with Crippen molar-refractivity contribution in [2.24, 2.45) is 4.99 Å². The number of nitrogens with zero attached hydrogens (tertiary/aromatic N) is 1. The molecular formula is C21H30IN3O3. The molecule has 6 nitrogen and oxygen atoms in total. The summed E-state index contributed by atoms with van der Waals surface area (Å²) in [4.78, 5) is 4.67. The Bertz CT molecular complexity index is 729. The minimum Gasteiger partial charge on any atom is -0.493 e. The fourth-order valence-corrected chi connectivity index (χ4v) is 3.19. The van der Waals surface area contributed by atoms with Crippen LogP contribution in [0.15, 0.2) is 46.0 Å². The van der Waals surface area contributed by atoms with Crippen molar-refractivity contribution in [1.29, 1.82) is 0 Å². The highest BCUT2D eigenvalue weighted by molar-refractivity contribution is 14.0. The lowest BCUT2D eigenvalue weighted by Crippen LogP contribution is -2.36. The molecule has 0 atom stereocenters. The number of benzene rings is 1. The van der Waals surface area contributed by atoms with E-state index in [0.717, 1.165) is 48.2 Å². The molecule has 1 aliphatic carbocycles. The molecule has 28 heavy (non-hydrogen) atoms. The number of aliphatic imine (C=N–C) groups is 1. The van der Waals surface area contributed by atoms with Crippen molar-refractivity contribution in [2.45, 2.75) is 51.8 Å². The van der Waals surface area contributed by atoms with Gasteiger partial charge in [-0.05, 0) is 62.4 Å². The van der Waals surface area contributed by atoms with Crippen LogP contribution in [0.3, 0.4) is 0 Å². The minimum absolute atomic E-state index is 0. The molecule has 0 spiro atoms. The van der Waals surface area contributed by atoms with E-state index in [0.29, 0.717) is 19.2 Å². The molecule has 0 bridgehead atoms. The van der Waals surface area contributed by atoms with Gasteiger partial charge in [0.1, 0.15) is 5.76 Å². The summed E-state index contributed by atoms with van der Waals surface area (Å²) in [5.74, 6) is 3.21. The van der Waals surface area contributed by atoms with Gasteiger partial charge in [0.2, 0.25) is 0 Å². The predicted octanol–water partition coefficient (Wildman–Crippen LogP) is 4.48. The van der Waals surface area contributed by atoms with E-state index in [1.807, 2.05) is 37.3 Å². The molecule has 0 saturated heterocycles. The zero-order valence-electron chi connectivity index (χ0n) is 16.6. The topological polar surface area (TPSA) is 68.0 Å². The van der Waals surface area contributed by atoms with Crippen molar-refractivity contribution in [1.82, 2.24) is 10.6 Å². The van der Waals surface area contributed by atoms with E-state index in [2.05, 4.69) is 15.6 Å². The first-order valence-corrected chi connectivity index (χ1v) is 9.66. The highest BCUT2D eigenvalue weighted by atomic mass is 127. The number of hydrogen-bond donors (Lipinski definition) is 2. The zero-order valence-corrected chi connectivity index (χ0v) is 18.9. The summed E-state index contributed by atoms with van der Waals surface area (Å²) in [6, 6.07) is 9.84. The van der Waals surface area contributed by atoms with Gasteiger partial charge in [-0.3, -0.25) is 0 Å². The Labute approximate surface area is 184 Å². The Balaban J connectivity index is 0.00000280. The third-order valence-corrected chi connectivity index (χ3v) is 4.60. The second-order valence-corrected chi connectivity index (χ2v) is 6.64. The molecule has 0 radical (unpaired) electrons. The van der Waals surface area contributed by atoms with E-state index in [1.54, 1.807) is 13.4 Å².